The standard InChI is InChI=1S/C9H14N2O/c1-2-3-8-6-11-9(12-8)7-4-10-5-7/h6-7,10H,2-5H2,1H3. The van der Waals surface area contributed by atoms with Gasteiger partial charge in [0.05, 0.1) is 12.1 Å². The van der Waals surface area contributed by atoms with E-state index in [1.807, 2.05) is 6.20 Å². The van der Waals surface area contributed by atoms with Crippen LogP contribution in [0.4, 0.5) is 0 Å². The topological polar surface area (TPSA) is 38.1 Å². The summed E-state index contributed by atoms with van der Waals surface area (Å²) in [7, 11) is 0. The molecule has 12 heavy (non-hydrogen) atoms. The Morgan fingerprint density at radius 1 is 1.67 bits per heavy atom. The predicted molar refractivity (Wildman–Crippen MR) is 46.1 cm³/mol. The van der Waals surface area contributed by atoms with Gasteiger partial charge in [-0.2, -0.15) is 0 Å². The molecule has 0 bridgehead atoms. The molecule has 0 amide bonds. The van der Waals surface area contributed by atoms with Crippen LogP contribution in [0.1, 0.15) is 30.9 Å². The fourth-order valence-electron chi connectivity index (χ4n) is 1.34. The van der Waals surface area contributed by atoms with Crippen LogP contribution in [-0.2, 0) is 6.42 Å². The molecule has 3 heteroatoms. The number of rotatable bonds is 3. The van der Waals surface area contributed by atoms with E-state index in [1.54, 1.807) is 0 Å². The summed E-state index contributed by atoms with van der Waals surface area (Å²) >= 11 is 0. The first-order valence-electron chi connectivity index (χ1n) is 4.55. The summed E-state index contributed by atoms with van der Waals surface area (Å²) in [6.45, 7) is 4.19. The summed E-state index contributed by atoms with van der Waals surface area (Å²) in [5, 5.41) is 3.20. The van der Waals surface area contributed by atoms with Crippen LogP contribution in [0, 0.1) is 0 Å². The van der Waals surface area contributed by atoms with Crippen molar-refractivity contribution in [2.75, 3.05) is 13.1 Å². The van der Waals surface area contributed by atoms with E-state index in [4.69, 9.17) is 4.42 Å². The number of hydrogen-bond donors (Lipinski definition) is 1. The van der Waals surface area contributed by atoms with Crippen LogP contribution in [0.3, 0.4) is 0 Å². The summed E-state index contributed by atoms with van der Waals surface area (Å²) in [6.07, 6.45) is 3.99. The normalized spacial score (nSPS) is 17.8. The van der Waals surface area contributed by atoms with E-state index >= 15 is 0 Å². The van der Waals surface area contributed by atoms with E-state index in [0.717, 1.165) is 37.6 Å². The van der Waals surface area contributed by atoms with Gasteiger partial charge in [-0.05, 0) is 6.42 Å². The summed E-state index contributed by atoms with van der Waals surface area (Å²) < 4.78 is 5.58. The minimum atomic E-state index is 0.524. The molecule has 3 nitrogen and oxygen atoms in total. The maximum Gasteiger partial charge on any atom is 0.200 e. The van der Waals surface area contributed by atoms with Crippen LogP contribution in [0.2, 0.25) is 0 Å². The first kappa shape index (κ1) is 7.80. The van der Waals surface area contributed by atoms with Gasteiger partial charge in [0.2, 0.25) is 0 Å². The SMILES string of the molecule is CCCc1cnc(C2CNC2)o1. The summed E-state index contributed by atoms with van der Waals surface area (Å²) in [6, 6.07) is 0. The molecule has 0 spiro atoms. The average Bonchev–Trinajstić information content (AvgIpc) is 2.34. The van der Waals surface area contributed by atoms with Crippen molar-refractivity contribution in [2.24, 2.45) is 0 Å². The second-order valence-corrected chi connectivity index (χ2v) is 3.27. The lowest BCUT2D eigenvalue weighted by atomic mass is 10.0. The zero-order chi connectivity index (χ0) is 8.39. The molecule has 1 N–H and O–H groups in total. The Morgan fingerprint density at radius 2 is 2.50 bits per heavy atom. The minimum Gasteiger partial charge on any atom is -0.445 e. The van der Waals surface area contributed by atoms with Crippen LogP contribution >= 0.6 is 0 Å². The summed E-state index contributed by atoms with van der Waals surface area (Å²) in [5.41, 5.74) is 0. The maximum atomic E-state index is 5.58. The third kappa shape index (κ3) is 1.37. The van der Waals surface area contributed by atoms with Crippen LogP contribution in [0.15, 0.2) is 10.6 Å². The van der Waals surface area contributed by atoms with Crippen molar-refractivity contribution in [1.82, 2.24) is 10.3 Å². The smallest absolute Gasteiger partial charge is 0.200 e. The molecule has 1 aliphatic rings. The van der Waals surface area contributed by atoms with E-state index in [1.165, 1.54) is 0 Å². The van der Waals surface area contributed by atoms with Crippen molar-refractivity contribution in [3.8, 4) is 0 Å². The first-order valence-corrected chi connectivity index (χ1v) is 4.55. The van der Waals surface area contributed by atoms with Crippen LogP contribution < -0.4 is 5.32 Å². The van der Waals surface area contributed by atoms with E-state index in [2.05, 4.69) is 17.2 Å². The number of oxazole rings is 1. The first-order chi connectivity index (χ1) is 5.90. The van der Waals surface area contributed by atoms with E-state index in [-0.39, 0.29) is 0 Å². The molecule has 1 fully saturated rings. The van der Waals surface area contributed by atoms with Gasteiger partial charge >= 0.3 is 0 Å². The molecule has 66 valence electrons. The number of hydrogen-bond acceptors (Lipinski definition) is 3. The van der Waals surface area contributed by atoms with E-state index in [0.29, 0.717) is 5.92 Å². The molecule has 1 aliphatic heterocycles. The lowest BCUT2D eigenvalue weighted by molar-refractivity contribution is 0.345. The Hall–Kier alpha value is -0.830. The molecule has 1 saturated heterocycles. The van der Waals surface area contributed by atoms with Gasteiger partial charge in [0.1, 0.15) is 5.76 Å². The van der Waals surface area contributed by atoms with Crippen molar-refractivity contribution in [2.45, 2.75) is 25.7 Å². The van der Waals surface area contributed by atoms with E-state index in [9.17, 15) is 0 Å². The van der Waals surface area contributed by atoms with Crippen molar-refractivity contribution >= 4 is 0 Å². The minimum absolute atomic E-state index is 0.524. The van der Waals surface area contributed by atoms with Crippen LogP contribution in [0.5, 0.6) is 0 Å². The summed E-state index contributed by atoms with van der Waals surface area (Å²) in [5.74, 6) is 2.47. The average molecular weight is 166 g/mol. The molecule has 0 radical (unpaired) electrons. The van der Waals surface area contributed by atoms with Crippen molar-refractivity contribution in [3.05, 3.63) is 17.8 Å². The monoisotopic (exact) mass is 166 g/mol. The quantitative estimate of drug-likeness (QED) is 0.735. The van der Waals surface area contributed by atoms with Gasteiger partial charge in [-0.1, -0.05) is 6.92 Å². The van der Waals surface area contributed by atoms with Gasteiger partial charge in [0, 0.05) is 19.5 Å². The van der Waals surface area contributed by atoms with Crippen molar-refractivity contribution in [3.63, 3.8) is 0 Å². The van der Waals surface area contributed by atoms with Gasteiger partial charge in [0.25, 0.3) is 0 Å². The highest BCUT2D eigenvalue weighted by Gasteiger charge is 2.23. The molecule has 0 aliphatic carbocycles. The fourth-order valence-corrected chi connectivity index (χ4v) is 1.34. The lowest BCUT2D eigenvalue weighted by Crippen LogP contribution is -2.40. The highest BCUT2D eigenvalue weighted by atomic mass is 16.4. The molecule has 1 aromatic heterocycles. The number of nitrogens with one attached hydrogen (secondary N) is 1. The molecule has 0 atom stereocenters. The highest BCUT2D eigenvalue weighted by Crippen LogP contribution is 2.19. The third-order valence-electron chi connectivity index (χ3n) is 2.20. The Bertz CT molecular complexity index is 253. The van der Waals surface area contributed by atoms with E-state index < -0.39 is 0 Å². The van der Waals surface area contributed by atoms with Gasteiger partial charge < -0.3 is 9.73 Å². The molecule has 0 aromatic carbocycles. The lowest BCUT2D eigenvalue weighted by Gasteiger charge is -2.23. The van der Waals surface area contributed by atoms with Crippen LogP contribution in [-0.4, -0.2) is 18.1 Å². The van der Waals surface area contributed by atoms with Crippen LogP contribution in [0.25, 0.3) is 0 Å². The fraction of sp³-hybridized carbons (Fsp3) is 0.667. The molecule has 2 heterocycles. The Morgan fingerprint density at radius 3 is 3.08 bits per heavy atom. The zero-order valence-electron chi connectivity index (χ0n) is 7.34. The Kier molecular flexibility index (Phi) is 2.13. The third-order valence-corrected chi connectivity index (χ3v) is 2.20. The van der Waals surface area contributed by atoms with Crippen molar-refractivity contribution < 1.29 is 4.42 Å². The summed E-state index contributed by atoms with van der Waals surface area (Å²) in [4.78, 5) is 4.25. The largest absolute Gasteiger partial charge is 0.445 e. The second-order valence-electron chi connectivity index (χ2n) is 3.27. The molecular weight excluding hydrogens is 152 g/mol. The van der Waals surface area contributed by atoms with Crippen molar-refractivity contribution in [1.29, 1.82) is 0 Å². The Balaban J connectivity index is 2.02. The highest BCUT2D eigenvalue weighted by molar-refractivity contribution is 5.03. The maximum absolute atomic E-state index is 5.58. The predicted octanol–water partition coefficient (Wildman–Crippen LogP) is 1.31. The molecule has 0 unspecified atom stereocenters. The zero-order valence-corrected chi connectivity index (χ0v) is 7.34. The molecule has 1 aromatic rings. The van der Waals surface area contributed by atoms with Gasteiger partial charge in [-0.3, -0.25) is 0 Å². The Labute approximate surface area is 72.2 Å². The van der Waals surface area contributed by atoms with Gasteiger partial charge in [-0.25, -0.2) is 4.98 Å². The number of nitrogens with zero attached hydrogens (tertiary/aromatic N) is 1. The number of aromatic nitrogens is 1. The molecular formula is C9H14N2O. The molecule has 0 saturated carbocycles. The van der Waals surface area contributed by atoms with Gasteiger partial charge in [0.15, 0.2) is 5.89 Å². The molecule has 2 rings (SSSR count). The second kappa shape index (κ2) is 3.27. The van der Waals surface area contributed by atoms with Gasteiger partial charge in [-0.15, -0.1) is 0 Å². The number of aryl methyl sites for hydroxylation is 1.